The number of para-hydroxylation sites is 2. The fraction of sp³-hybridized carbons (Fsp3) is 0.0870. The third-order valence-electron chi connectivity index (χ3n) is 4.10. The summed E-state index contributed by atoms with van der Waals surface area (Å²) < 4.78 is 10.3. The van der Waals surface area contributed by atoms with Gasteiger partial charge in [-0.1, -0.05) is 42.5 Å². The number of ketones is 1. The molecule has 0 aromatic heterocycles. The predicted octanol–water partition coefficient (Wildman–Crippen LogP) is 4.19. The second-order valence-electron chi connectivity index (χ2n) is 6.21. The summed E-state index contributed by atoms with van der Waals surface area (Å²) in [5.74, 6) is -1.38. The second-order valence-corrected chi connectivity index (χ2v) is 6.21. The van der Waals surface area contributed by atoms with E-state index in [0.29, 0.717) is 0 Å². The van der Waals surface area contributed by atoms with Crippen LogP contribution in [0.1, 0.15) is 29.8 Å². The van der Waals surface area contributed by atoms with E-state index in [1.165, 1.54) is 19.9 Å². The molecule has 1 aliphatic rings. The molecule has 29 heavy (non-hydrogen) atoms. The third kappa shape index (κ3) is 4.32. The van der Waals surface area contributed by atoms with Gasteiger partial charge in [0.1, 0.15) is 17.3 Å². The Morgan fingerprint density at radius 3 is 1.90 bits per heavy atom. The average Bonchev–Trinajstić information content (AvgIpc) is 3.17. The van der Waals surface area contributed by atoms with Crippen molar-refractivity contribution in [2.45, 2.75) is 13.8 Å². The first-order chi connectivity index (χ1) is 13.9. The second kappa shape index (κ2) is 8.39. The van der Waals surface area contributed by atoms with E-state index in [-0.39, 0.29) is 39.5 Å². The Bertz CT molecular complexity index is 1090. The zero-order chi connectivity index (χ0) is 21.0. The van der Waals surface area contributed by atoms with Gasteiger partial charge in [-0.3, -0.25) is 14.4 Å². The molecule has 6 heteroatoms. The lowest BCUT2D eigenvalue weighted by Crippen LogP contribution is -2.10. The molecule has 0 atom stereocenters. The number of aliphatic hydroxyl groups is 1. The van der Waals surface area contributed by atoms with Crippen molar-refractivity contribution in [2.24, 2.45) is 0 Å². The van der Waals surface area contributed by atoms with Gasteiger partial charge in [0.2, 0.25) is 0 Å². The summed E-state index contributed by atoms with van der Waals surface area (Å²) in [6.07, 6.45) is 4.77. The Balaban J connectivity index is 2.03. The number of Topliss-reactive ketones (excluding diaryl/α,β-unsaturated/α-hetero) is 1. The van der Waals surface area contributed by atoms with E-state index in [2.05, 4.69) is 0 Å². The summed E-state index contributed by atoms with van der Waals surface area (Å²) in [6, 6.07) is 12.9. The molecular formula is C23H18O6. The number of ether oxygens (including phenoxy) is 2. The number of hydrogen-bond donors (Lipinski definition) is 1. The fourth-order valence-corrected chi connectivity index (χ4v) is 2.92. The van der Waals surface area contributed by atoms with Crippen LogP contribution < -0.4 is 9.47 Å². The molecule has 0 radical (unpaired) electrons. The average molecular weight is 390 g/mol. The van der Waals surface area contributed by atoms with Crippen molar-refractivity contribution in [1.29, 1.82) is 0 Å². The topological polar surface area (TPSA) is 89.9 Å². The van der Waals surface area contributed by atoms with Crippen molar-refractivity contribution in [1.82, 2.24) is 0 Å². The number of rotatable bonds is 5. The highest BCUT2D eigenvalue weighted by molar-refractivity contribution is 6.15. The first kappa shape index (κ1) is 19.8. The largest absolute Gasteiger partial charge is 0.507 e. The minimum Gasteiger partial charge on any atom is -0.507 e. The Labute approximate surface area is 167 Å². The van der Waals surface area contributed by atoms with Gasteiger partial charge in [-0.15, -0.1) is 0 Å². The van der Waals surface area contributed by atoms with Crippen molar-refractivity contribution in [2.75, 3.05) is 0 Å². The Morgan fingerprint density at radius 1 is 0.793 bits per heavy atom. The van der Waals surface area contributed by atoms with Crippen LogP contribution in [0.15, 0.2) is 77.9 Å². The highest BCUT2D eigenvalue weighted by Crippen LogP contribution is 2.34. The summed E-state index contributed by atoms with van der Waals surface area (Å²) in [5, 5.41) is 10.9. The molecule has 0 heterocycles. The maximum absolute atomic E-state index is 13.1. The first-order valence-electron chi connectivity index (χ1n) is 8.80. The summed E-state index contributed by atoms with van der Waals surface area (Å²) in [6.45, 7) is 2.51. The van der Waals surface area contributed by atoms with Crippen LogP contribution in [0, 0.1) is 0 Å². The Hall–Kier alpha value is -3.93. The molecule has 0 unspecified atom stereocenters. The number of carbonyl (C=O) groups excluding carboxylic acids is 3. The molecule has 0 spiro atoms. The van der Waals surface area contributed by atoms with Gasteiger partial charge in [-0.25, -0.2) is 0 Å². The standard InChI is InChI=1S/C23H18O6/c1-14(24)28-20-12-5-3-8-18(20)22(26)16-10-7-11-17(16)23(27)19-9-4-6-13-21(19)29-15(2)25/h3-13,26H,1-2H3. The van der Waals surface area contributed by atoms with Crippen molar-refractivity contribution in [3.63, 3.8) is 0 Å². The van der Waals surface area contributed by atoms with Crippen LogP contribution in [-0.4, -0.2) is 22.8 Å². The number of aliphatic hydroxyl groups excluding tert-OH is 1. The highest BCUT2D eigenvalue weighted by atomic mass is 16.5. The monoisotopic (exact) mass is 390 g/mol. The summed E-state index contributed by atoms with van der Waals surface area (Å²) in [5.41, 5.74) is 0.958. The lowest BCUT2D eigenvalue weighted by molar-refractivity contribution is -0.132. The highest BCUT2D eigenvalue weighted by Gasteiger charge is 2.25. The van der Waals surface area contributed by atoms with Gasteiger partial charge in [0.25, 0.3) is 0 Å². The zero-order valence-electron chi connectivity index (χ0n) is 15.8. The number of allylic oxidation sites excluding steroid dienone is 5. The van der Waals surface area contributed by atoms with Crippen LogP contribution in [-0.2, 0) is 9.59 Å². The zero-order valence-corrected chi connectivity index (χ0v) is 15.8. The van der Waals surface area contributed by atoms with E-state index in [4.69, 9.17) is 9.47 Å². The molecule has 0 saturated heterocycles. The van der Waals surface area contributed by atoms with Crippen molar-refractivity contribution in [3.05, 3.63) is 89.0 Å². The lowest BCUT2D eigenvalue weighted by Gasteiger charge is -2.13. The molecule has 146 valence electrons. The minimum atomic E-state index is -0.544. The van der Waals surface area contributed by atoms with Gasteiger partial charge < -0.3 is 14.6 Å². The number of esters is 2. The van der Waals surface area contributed by atoms with Gasteiger partial charge in [0, 0.05) is 25.0 Å². The van der Waals surface area contributed by atoms with E-state index in [0.717, 1.165) is 0 Å². The summed E-state index contributed by atoms with van der Waals surface area (Å²) in [7, 11) is 0. The van der Waals surface area contributed by atoms with E-state index in [1.807, 2.05) is 0 Å². The molecule has 2 aromatic carbocycles. The van der Waals surface area contributed by atoms with Gasteiger partial charge in [-0.2, -0.15) is 0 Å². The molecule has 3 rings (SSSR count). The number of hydrogen-bond acceptors (Lipinski definition) is 6. The fourth-order valence-electron chi connectivity index (χ4n) is 2.92. The number of carbonyl (C=O) groups is 3. The quantitative estimate of drug-likeness (QED) is 0.356. The van der Waals surface area contributed by atoms with Crippen LogP contribution in [0.3, 0.4) is 0 Å². The summed E-state index contributed by atoms with van der Waals surface area (Å²) in [4.78, 5) is 35.8. The van der Waals surface area contributed by atoms with E-state index in [9.17, 15) is 19.5 Å². The molecule has 1 aliphatic carbocycles. The van der Waals surface area contributed by atoms with Crippen LogP contribution >= 0.6 is 0 Å². The number of benzene rings is 2. The Morgan fingerprint density at radius 2 is 1.31 bits per heavy atom. The molecule has 0 aliphatic heterocycles. The third-order valence-corrected chi connectivity index (χ3v) is 4.10. The predicted molar refractivity (Wildman–Crippen MR) is 107 cm³/mol. The molecule has 1 N–H and O–H groups in total. The maximum Gasteiger partial charge on any atom is 0.308 e. The van der Waals surface area contributed by atoms with Gasteiger partial charge in [-0.05, 0) is 24.3 Å². The molecule has 2 aromatic rings. The minimum absolute atomic E-state index is 0.136. The lowest BCUT2D eigenvalue weighted by atomic mass is 9.95. The van der Waals surface area contributed by atoms with Gasteiger partial charge in [0.15, 0.2) is 5.78 Å². The van der Waals surface area contributed by atoms with Crippen LogP contribution in [0.2, 0.25) is 0 Å². The Kier molecular flexibility index (Phi) is 5.74. The normalized spacial score (nSPS) is 14.2. The van der Waals surface area contributed by atoms with Gasteiger partial charge in [0.05, 0.1) is 11.1 Å². The SMILES string of the molecule is CC(=O)Oc1ccccc1C(=O)C1=CC=CC1=C(O)c1ccccc1OC(C)=O. The molecule has 6 nitrogen and oxygen atoms in total. The van der Waals surface area contributed by atoms with Crippen molar-refractivity contribution >= 4 is 23.5 Å². The molecular weight excluding hydrogens is 372 g/mol. The van der Waals surface area contributed by atoms with E-state index in [1.54, 1.807) is 60.7 Å². The van der Waals surface area contributed by atoms with E-state index >= 15 is 0 Å². The van der Waals surface area contributed by atoms with Crippen molar-refractivity contribution < 1.29 is 29.0 Å². The molecule has 0 bridgehead atoms. The molecule has 0 amide bonds. The summed E-state index contributed by atoms with van der Waals surface area (Å²) >= 11 is 0. The maximum atomic E-state index is 13.1. The first-order valence-corrected chi connectivity index (χ1v) is 8.80. The van der Waals surface area contributed by atoms with E-state index < -0.39 is 17.7 Å². The molecule has 0 saturated carbocycles. The van der Waals surface area contributed by atoms with Crippen LogP contribution in [0.25, 0.3) is 5.76 Å². The van der Waals surface area contributed by atoms with Crippen LogP contribution in [0.5, 0.6) is 11.5 Å². The van der Waals surface area contributed by atoms with Gasteiger partial charge >= 0.3 is 11.9 Å². The smallest absolute Gasteiger partial charge is 0.308 e. The van der Waals surface area contributed by atoms with Crippen molar-refractivity contribution in [3.8, 4) is 11.5 Å². The molecule has 0 fully saturated rings. The van der Waals surface area contributed by atoms with Crippen LogP contribution in [0.4, 0.5) is 0 Å².